The predicted octanol–water partition coefficient (Wildman–Crippen LogP) is 2.36. The van der Waals surface area contributed by atoms with Crippen molar-refractivity contribution >= 4 is 34.0 Å². The van der Waals surface area contributed by atoms with E-state index in [9.17, 15) is 9.59 Å². The fourth-order valence-corrected chi connectivity index (χ4v) is 3.52. The van der Waals surface area contributed by atoms with E-state index in [1.54, 1.807) is 5.38 Å². The molecule has 24 heavy (non-hydrogen) atoms. The number of carbonyl (C=O) groups is 2. The first-order valence-electron chi connectivity index (χ1n) is 7.93. The molecule has 1 atom stereocenters. The molecule has 1 aliphatic heterocycles. The largest absolute Gasteiger partial charge is 0.371 e. The fraction of sp³-hybridized carbons (Fsp3) is 0.353. The van der Waals surface area contributed by atoms with Crippen molar-refractivity contribution in [2.75, 3.05) is 29.9 Å². The van der Waals surface area contributed by atoms with Crippen LogP contribution in [0.1, 0.15) is 23.8 Å². The molecule has 0 aliphatic carbocycles. The van der Waals surface area contributed by atoms with Crippen LogP contribution in [0, 0.1) is 5.92 Å². The molecule has 0 spiro atoms. The zero-order chi connectivity index (χ0) is 16.9. The lowest BCUT2D eigenvalue weighted by Crippen LogP contribution is -2.31. The lowest BCUT2D eigenvalue weighted by molar-refractivity contribution is -0.114. The Morgan fingerprint density at radius 2 is 2.12 bits per heavy atom. The van der Waals surface area contributed by atoms with Gasteiger partial charge in [-0.05, 0) is 24.5 Å². The maximum atomic E-state index is 12.2. The van der Waals surface area contributed by atoms with E-state index in [4.69, 9.17) is 0 Å². The molecule has 1 saturated heterocycles. The predicted molar refractivity (Wildman–Crippen MR) is 95.5 cm³/mol. The van der Waals surface area contributed by atoms with Crippen LogP contribution < -0.4 is 15.5 Å². The molecule has 6 nitrogen and oxygen atoms in total. The first-order chi connectivity index (χ1) is 11.6. The number of hydrogen-bond acceptors (Lipinski definition) is 5. The number of nitrogens with one attached hydrogen (secondary N) is 2. The van der Waals surface area contributed by atoms with Crippen LogP contribution in [0.3, 0.4) is 0 Å². The van der Waals surface area contributed by atoms with E-state index in [2.05, 4.69) is 32.7 Å². The van der Waals surface area contributed by atoms with Crippen LogP contribution in [-0.4, -0.2) is 36.4 Å². The summed E-state index contributed by atoms with van der Waals surface area (Å²) in [5, 5.41) is 7.63. The van der Waals surface area contributed by atoms with Gasteiger partial charge in [0.25, 0.3) is 5.91 Å². The molecule has 1 unspecified atom stereocenters. The SMILES string of the molecule is CC(=O)Nc1nc(C(=O)NCC2CCN(c3ccccc3)C2)cs1. The Balaban J connectivity index is 1.48. The smallest absolute Gasteiger partial charge is 0.270 e. The molecule has 0 saturated carbocycles. The standard InChI is InChI=1S/C17H20N4O2S/c1-12(22)19-17-20-15(11-24-17)16(23)18-9-13-7-8-21(10-13)14-5-3-2-4-6-14/h2-6,11,13H,7-10H2,1H3,(H,18,23)(H,19,20,22). The lowest BCUT2D eigenvalue weighted by Gasteiger charge is -2.18. The molecule has 2 aromatic rings. The van der Waals surface area contributed by atoms with Crippen LogP contribution >= 0.6 is 11.3 Å². The van der Waals surface area contributed by atoms with E-state index >= 15 is 0 Å². The minimum absolute atomic E-state index is 0.191. The van der Waals surface area contributed by atoms with Crippen LogP contribution in [-0.2, 0) is 4.79 Å². The number of para-hydroxylation sites is 1. The summed E-state index contributed by atoms with van der Waals surface area (Å²) >= 11 is 1.25. The third-order valence-electron chi connectivity index (χ3n) is 3.98. The number of anilines is 2. The minimum Gasteiger partial charge on any atom is -0.371 e. The van der Waals surface area contributed by atoms with E-state index in [0.717, 1.165) is 19.5 Å². The molecule has 7 heteroatoms. The molecule has 2 N–H and O–H groups in total. The number of rotatable bonds is 5. The van der Waals surface area contributed by atoms with Gasteiger partial charge in [-0.2, -0.15) is 0 Å². The van der Waals surface area contributed by atoms with Gasteiger partial charge in [0.15, 0.2) is 5.13 Å². The summed E-state index contributed by atoms with van der Waals surface area (Å²) in [4.78, 5) is 29.6. The molecule has 0 bridgehead atoms. The zero-order valence-electron chi connectivity index (χ0n) is 13.5. The Labute approximate surface area is 144 Å². The van der Waals surface area contributed by atoms with Crippen LogP contribution in [0.15, 0.2) is 35.7 Å². The molecule has 1 fully saturated rings. The Morgan fingerprint density at radius 3 is 2.88 bits per heavy atom. The van der Waals surface area contributed by atoms with Crippen molar-refractivity contribution < 1.29 is 9.59 Å². The number of benzene rings is 1. The number of thiazole rings is 1. The van der Waals surface area contributed by atoms with Crippen molar-refractivity contribution in [3.8, 4) is 0 Å². The van der Waals surface area contributed by atoms with E-state index in [1.165, 1.54) is 23.9 Å². The van der Waals surface area contributed by atoms with Crippen molar-refractivity contribution in [1.82, 2.24) is 10.3 Å². The highest BCUT2D eigenvalue weighted by Gasteiger charge is 2.23. The summed E-state index contributed by atoms with van der Waals surface area (Å²) in [6, 6.07) is 10.3. The highest BCUT2D eigenvalue weighted by molar-refractivity contribution is 7.14. The van der Waals surface area contributed by atoms with Crippen molar-refractivity contribution in [3.63, 3.8) is 0 Å². The third kappa shape index (κ3) is 4.11. The zero-order valence-corrected chi connectivity index (χ0v) is 14.3. The monoisotopic (exact) mass is 344 g/mol. The van der Waals surface area contributed by atoms with Crippen molar-refractivity contribution in [2.24, 2.45) is 5.92 Å². The van der Waals surface area contributed by atoms with Gasteiger partial charge in [0.2, 0.25) is 5.91 Å². The number of aromatic nitrogens is 1. The second kappa shape index (κ2) is 7.44. The quantitative estimate of drug-likeness (QED) is 0.873. The van der Waals surface area contributed by atoms with Crippen LogP contribution in [0.5, 0.6) is 0 Å². The second-order valence-corrected chi connectivity index (χ2v) is 6.72. The van der Waals surface area contributed by atoms with E-state index < -0.39 is 0 Å². The van der Waals surface area contributed by atoms with Gasteiger partial charge in [0.05, 0.1) is 0 Å². The van der Waals surface area contributed by atoms with Gasteiger partial charge in [-0.3, -0.25) is 9.59 Å². The first-order valence-corrected chi connectivity index (χ1v) is 8.81. The van der Waals surface area contributed by atoms with Crippen LogP contribution in [0.4, 0.5) is 10.8 Å². The molecular formula is C17H20N4O2S. The molecule has 1 aromatic heterocycles. The number of carbonyl (C=O) groups excluding carboxylic acids is 2. The fourth-order valence-electron chi connectivity index (χ4n) is 2.79. The number of amides is 2. The molecule has 3 rings (SSSR count). The molecule has 2 heterocycles. The van der Waals surface area contributed by atoms with Gasteiger partial charge in [0, 0.05) is 37.6 Å². The van der Waals surface area contributed by atoms with Crippen molar-refractivity contribution in [3.05, 3.63) is 41.4 Å². The number of hydrogen-bond donors (Lipinski definition) is 2. The minimum atomic E-state index is -0.194. The summed E-state index contributed by atoms with van der Waals surface area (Å²) in [6.07, 6.45) is 1.06. The van der Waals surface area contributed by atoms with Gasteiger partial charge in [-0.15, -0.1) is 11.3 Å². The summed E-state index contributed by atoms with van der Waals surface area (Å²) in [5.41, 5.74) is 1.58. The molecule has 1 aliphatic rings. The molecule has 1 aromatic carbocycles. The topological polar surface area (TPSA) is 74.3 Å². The highest BCUT2D eigenvalue weighted by atomic mass is 32.1. The Bertz CT molecular complexity index is 716. The van der Waals surface area contributed by atoms with Crippen molar-refractivity contribution in [1.29, 1.82) is 0 Å². The summed E-state index contributed by atoms with van der Waals surface area (Å²) in [7, 11) is 0. The van der Waals surface area contributed by atoms with Gasteiger partial charge < -0.3 is 15.5 Å². The van der Waals surface area contributed by atoms with E-state index in [1.807, 2.05) is 18.2 Å². The van der Waals surface area contributed by atoms with Gasteiger partial charge >= 0.3 is 0 Å². The highest BCUT2D eigenvalue weighted by Crippen LogP contribution is 2.23. The normalized spacial score (nSPS) is 16.9. The Morgan fingerprint density at radius 1 is 1.33 bits per heavy atom. The lowest BCUT2D eigenvalue weighted by atomic mass is 10.1. The van der Waals surface area contributed by atoms with Gasteiger partial charge in [0.1, 0.15) is 5.69 Å². The van der Waals surface area contributed by atoms with Gasteiger partial charge in [-0.25, -0.2) is 4.98 Å². The third-order valence-corrected chi connectivity index (χ3v) is 4.74. The average molecular weight is 344 g/mol. The van der Waals surface area contributed by atoms with Crippen molar-refractivity contribution in [2.45, 2.75) is 13.3 Å². The molecule has 0 radical (unpaired) electrons. The second-order valence-electron chi connectivity index (χ2n) is 5.87. The molecular weight excluding hydrogens is 324 g/mol. The molecule has 126 valence electrons. The Kier molecular flexibility index (Phi) is 5.10. The van der Waals surface area contributed by atoms with Crippen LogP contribution in [0.2, 0.25) is 0 Å². The average Bonchev–Trinajstić information content (AvgIpc) is 3.22. The van der Waals surface area contributed by atoms with E-state index in [-0.39, 0.29) is 11.8 Å². The van der Waals surface area contributed by atoms with Gasteiger partial charge in [-0.1, -0.05) is 18.2 Å². The Hall–Kier alpha value is -2.41. The van der Waals surface area contributed by atoms with Crippen LogP contribution in [0.25, 0.3) is 0 Å². The summed E-state index contributed by atoms with van der Waals surface area (Å²) in [6.45, 7) is 4.00. The summed E-state index contributed by atoms with van der Waals surface area (Å²) in [5.74, 6) is 0.0480. The maximum absolute atomic E-state index is 12.2. The first kappa shape index (κ1) is 16.4. The number of nitrogens with zero attached hydrogens (tertiary/aromatic N) is 2. The molecule has 2 amide bonds. The maximum Gasteiger partial charge on any atom is 0.270 e. The summed E-state index contributed by atoms with van der Waals surface area (Å²) < 4.78 is 0. The van der Waals surface area contributed by atoms with E-state index in [0.29, 0.717) is 23.3 Å².